The lowest BCUT2D eigenvalue weighted by molar-refractivity contribution is -0.132. The van der Waals surface area contributed by atoms with Gasteiger partial charge >= 0.3 is 0 Å². The lowest BCUT2D eigenvalue weighted by Gasteiger charge is -2.41. The highest BCUT2D eigenvalue weighted by Gasteiger charge is 2.47. The number of hydrogen-bond donors (Lipinski definition) is 0. The lowest BCUT2D eigenvalue weighted by Crippen LogP contribution is -2.53. The topological polar surface area (TPSA) is 98.3 Å². The van der Waals surface area contributed by atoms with Gasteiger partial charge in [-0.3, -0.25) is 19.3 Å². The third-order valence-electron chi connectivity index (χ3n) is 7.00. The molecule has 0 saturated carbocycles. The number of carbonyl (C=O) groups is 3. The van der Waals surface area contributed by atoms with Crippen LogP contribution in [-0.4, -0.2) is 78.2 Å². The minimum Gasteiger partial charge on any atom is -0.340 e. The monoisotopic (exact) mass is 496 g/mol. The molecular formula is C25H28N4O5S. The van der Waals surface area contributed by atoms with E-state index in [1.54, 1.807) is 64.9 Å². The Balaban J connectivity index is 1.34. The zero-order chi connectivity index (χ0) is 24.9. The van der Waals surface area contributed by atoms with Crippen LogP contribution in [0.15, 0.2) is 48.5 Å². The summed E-state index contributed by atoms with van der Waals surface area (Å²) in [6.45, 7) is 4.61. The van der Waals surface area contributed by atoms with Crippen molar-refractivity contribution in [3.63, 3.8) is 0 Å². The number of carbonyl (C=O) groups excluding carboxylic acids is 3. The van der Waals surface area contributed by atoms with E-state index in [0.717, 1.165) is 5.56 Å². The molecule has 3 aliphatic heterocycles. The van der Waals surface area contributed by atoms with Crippen LogP contribution in [0.1, 0.15) is 52.7 Å². The number of hydrogen-bond acceptors (Lipinski definition) is 5. The summed E-state index contributed by atoms with van der Waals surface area (Å²) in [5.41, 5.74) is 2.32. The summed E-state index contributed by atoms with van der Waals surface area (Å²) in [5, 5.41) is -0.502. The number of piperazine rings is 1. The first kappa shape index (κ1) is 23.5. The third-order valence-corrected chi connectivity index (χ3v) is 9.27. The van der Waals surface area contributed by atoms with Gasteiger partial charge in [0.1, 0.15) is 6.17 Å². The molecule has 3 amide bonds. The van der Waals surface area contributed by atoms with E-state index < -0.39 is 21.4 Å². The van der Waals surface area contributed by atoms with E-state index in [9.17, 15) is 22.8 Å². The fraction of sp³-hybridized carbons (Fsp3) is 0.400. The van der Waals surface area contributed by atoms with Crippen molar-refractivity contribution in [2.75, 3.05) is 37.6 Å². The van der Waals surface area contributed by atoms with Gasteiger partial charge in [-0.1, -0.05) is 30.3 Å². The second kappa shape index (κ2) is 8.76. The van der Waals surface area contributed by atoms with Crippen LogP contribution in [0, 0.1) is 0 Å². The Morgan fingerprint density at radius 2 is 1.54 bits per heavy atom. The molecule has 0 radical (unpaired) electrons. The zero-order valence-corrected chi connectivity index (χ0v) is 20.6. The fourth-order valence-electron chi connectivity index (χ4n) is 5.06. The average molecular weight is 497 g/mol. The highest BCUT2D eigenvalue weighted by atomic mass is 32.2. The first-order chi connectivity index (χ1) is 16.7. The Kier molecular flexibility index (Phi) is 5.88. The molecule has 2 aromatic rings. The molecule has 0 aliphatic carbocycles. The average Bonchev–Trinajstić information content (AvgIpc) is 3.16. The smallest absolute Gasteiger partial charge is 0.260 e. The molecule has 9 nitrogen and oxygen atoms in total. The van der Waals surface area contributed by atoms with Crippen LogP contribution in [0.3, 0.4) is 0 Å². The van der Waals surface area contributed by atoms with Crippen molar-refractivity contribution in [3.8, 4) is 0 Å². The predicted octanol–water partition coefficient (Wildman–Crippen LogP) is 2.07. The van der Waals surface area contributed by atoms with Gasteiger partial charge in [0.2, 0.25) is 15.9 Å². The van der Waals surface area contributed by atoms with Crippen molar-refractivity contribution >= 4 is 33.4 Å². The summed E-state index contributed by atoms with van der Waals surface area (Å²) in [4.78, 5) is 44.6. The molecule has 1 atom stereocenters. The van der Waals surface area contributed by atoms with Crippen LogP contribution < -0.4 is 4.90 Å². The van der Waals surface area contributed by atoms with Crippen LogP contribution in [-0.2, 0) is 14.8 Å². The normalized spacial score (nSPS) is 20.2. The van der Waals surface area contributed by atoms with E-state index >= 15 is 0 Å². The van der Waals surface area contributed by atoms with Crippen LogP contribution >= 0.6 is 0 Å². The minimum atomic E-state index is -3.35. The number of sulfonamides is 1. The van der Waals surface area contributed by atoms with Crippen LogP contribution in [0.5, 0.6) is 0 Å². The molecule has 3 aliphatic rings. The van der Waals surface area contributed by atoms with E-state index in [0.29, 0.717) is 29.9 Å². The summed E-state index contributed by atoms with van der Waals surface area (Å²) in [7, 11) is -3.35. The predicted molar refractivity (Wildman–Crippen MR) is 130 cm³/mol. The maximum atomic E-state index is 13.5. The highest BCUT2D eigenvalue weighted by Crippen LogP contribution is 2.45. The maximum absolute atomic E-state index is 13.5. The molecule has 3 heterocycles. The Morgan fingerprint density at radius 3 is 2.23 bits per heavy atom. The SMILES string of the molecule is CC(C)S(=O)(=O)N1CCN(C(=O)CCN2C(=O)c3ccccc3N3C(=O)c4ccccc4C23)CC1. The van der Waals surface area contributed by atoms with Crippen LogP contribution in [0.4, 0.5) is 5.69 Å². The molecule has 0 bridgehead atoms. The second-order valence-electron chi connectivity index (χ2n) is 9.28. The highest BCUT2D eigenvalue weighted by molar-refractivity contribution is 7.89. The maximum Gasteiger partial charge on any atom is 0.260 e. The third kappa shape index (κ3) is 3.81. The molecule has 0 N–H and O–H groups in total. The molecule has 1 fully saturated rings. The van der Waals surface area contributed by atoms with Crippen molar-refractivity contribution in [1.82, 2.24) is 14.1 Å². The second-order valence-corrected chi connectivity index (χ2v) is 11.8. The molecular weight excluding hydrogens is 468 g/mol. The van der Waals surface area contributed by atoms with Gasteiger partial charge in [0.15, 0.2) is 0 Å². The molecule has 0 aromatic heterocycles. The first-order valence-electron chi connectivity index (χ1n) is 11.8. The van der Waals surface area contributed by atoms with Gasteiger partial charge in [-0.05, 0) is 32.0 Å². The van der Waals surface area contributed by atoms with E-state index in [1.165, 1.54) is 4.31 Å². The number of nitrogens with zero attached hydrogens (tertiary/aromatic N) is 4. The Hall–Kier alpha value is -3.24. The number of amides is 3. The Morgan fingerprint density at radius 1 is 0.914 bits per heavy atom. The summed E-state index contributed by atoms with van der Waals surface area (Å²) >= 11 is 0. The zero-order valence-electron chi connectivity index (χ0n) is 19.8. The minimum absolute atomic E-state index is 0.0888. The number of anilines is 1. The summed E-state index contributed by atoms with van der Waals surface area (Å²) in [5.74, 6) is -0.515. The lowest BCUT2D eigenvalue weighted by atomic mass is 10.0. The quantitative estimate of drug-likeness (QED) is 0.631. The summed E-state index contributed by atoms with van der Waals surface area (Å²) in [6.07, 6.45) is -0.507. The standard InChI is InChI=1S/C25H28N4O5S/c1-17(2)35(33,34)27-15-13-26(14-16-27)22(30)11-12-28-23-18-7-3-4-8-19(18)25(32)29(23)21-10-6-5-9-20(21)24(28)31/h3-10,17,23H,11-16H2,1-2H3. The molecule has 35 heavy (non-hydrogen) atoms. The van der Waals surface area contributed by atoms with Crippen molar-refractivity contribution in [2.24, 2.45) is 0 Å². The van der Waals surface area contributed by atoms with Gasteiger partial charge in [0.25, 0.3) is 11.8 Å². The molecule has 2 aromatic carbocycles. The number of rotatable bonds is 5. The van der Waals surface area contributed by atoms with Crippen molar-refractivity contribution in [3.05, 3.63) is 65.2 Å². The van der Waals surface area contributed by atoms with E-state index in [4.69, 9.17) is 0 Å². The fourth-order valence-corrected chi connectivity index (χ4v) is 6.33. The van der Waals surface area contributed by atoms with E-state index in [-0.39, 0.29) is 43.8 Å². The number of fused-ring (bicyclic) bond motifs is 5. The Labute approximate surface area is 204 Å². The molecule has 5 rings (SSSR count). The van der Waals surface area contributed by atoms with Gasteiger partial charge in [0, 0.05) is 50.3 Å². The van der Waals surface area contributed by atoms with Crippen LogP contribution in [0.2, 0.25) is 0 Å². The number of benzene rings is 2. The summed E-state index contributed by atoms with van der Waals surface area (Å²) in [6, 6.07) is 14.3. The van der Waals surface area contributed by atoms with Crippen molar-refractivity contribution in [2.45, 2.75) is 31.7 Å². The van der Waals surface area contributed by atoms with Gasteiger partial charge < -0.3 is 9.80 Å². The van der Waals surface area contributed by atoms with Gasteiger partial charge in [-0.25, -0.2) is 8.42 Å². The molecule has 10 heteroatoms. The van der Waals surface area contributed by atoms with E-state index in [1.807, 2.05) is 12.1 Å². The van der Waals surface area contributed by atoms with Gasteiger partial charge in [0.05, 0.1) is 16.5 Å². The first-order valence-corrected chi connectivity index (χ1v) is 13.3. The largest absolute Gasteiger partial charge is 0.340 e. The molecule has 184 valence electrons. The molecule has 1 saturated heterocycles. The number of para-hydroxylation sites is 1. The molecule has 1 unspecified atom stereocenters. The van der Waals surface area contributed by atoms with Gasteiger partial charge in [-0.15, -0.1) is 0 Å². The summed E-state index contributed by atoms with van der Waals surface area (Å²) < 4.78 is 26.3. The van der Waals surface area contributed by atoms with Crippen molar-refractivity contribution < 1.29 is 22.8 Å². The Bertz CT molecular complexity index is 1300. The van der Waals surface area contributed by atoms with E-state index in [2.05, 4.69) is 0 Å². The van der Waals surface area contributed by atoms with Crippen molar-refractivity contribution in [1.29, 1.82) is 0 Å². The van der Waals surface area contributed by atoms with Crippen LogP contribution in [0.25, 0.3) is 0 Å². The molecule has 0 spiro atoms. The van der Waals surface area contributed by atoms with Gasteiger partial charge in [-0.2, -0.15) is 4.31 Å².